The van der Waals surface area contributed by atoms with Crippen LogP contribution in [0.25, 0.3) is 0 Å². The lowest BCUT2D eigenvalue weighted by atomic mass is 9.89. The van der Waals surface area contributed by atoms with Gasteiger partial charge in [-0.2, -0.15) is 0 Å². The fourth-order valence-corrected chi connectivity index (χ4v) is 3.72. The van der Waals surface area contributed by atoms with Crippen LogP contribution in [0.4, 0.5) is 9.59 Å². The molecule has 2 heterocycles. The summed E-state index contributed by atoms with van der Waals surface area (Å²) in [5.41, 5.74) is 0. The van der Waals surface area contributed by atoms with E-state index >= 15 is 0 Å². The van der Waals surface area contributed by atoms with Crippen LogP contribution < -0.4 is 0 Å². The molecule has 178 valence electrons. The summed E-state index contributed by atoms with van der Waals surface area (Å²) >= 11 is 0. The molecule has 0 saturated carbocycles. The Morgan fingerprint density at radius 3 is 1.38 bits per heavy atom. The van der Waals surface area contributed by atoms with Crippen molar-refractivity contribution < 1.29 is 47.7 Å². The average molecular weight is 456 g/mol. The summed E-state index contributed by atoms with van der Waals surface area (Å²) in [5, 5.41) is 0. The number of likely N-dealkylation sites (tertiary alicyclic amines) is 2. The Kier molecular flexibility index (Phi) is 8.56. The standard InChI is InChI=1S/C20H28N2O10/c1-11-7-21(19(27)29-3)9-13(15(11)23)17(25)31-5-6-32-18(26)14-10-22(20(28)30-4)8-12(2)16(14)24/h11-14H,5-10H2,1-4H3. The van der Waals surface area contributed by atoms with E-state index in [0.717, 1.165) is 0 Å². The lowest BCUT2D eigenvalue weighted by molar-refractivity contribution is -0.163. The molecule has 2 saturated heterocycles. The van der Waals surface area contributed by atoms with Crippen molar-refractivity contribution in [3.63, 3.8) is 0 Å². The minimum absolute atomic E-state index is 0.142. The van der Waals surface area contributed by atoms with Crippen molar-refractivity contribution in [1.82, 2.24) is 9.80 Å². The number of carbonyl (C=O) groups excluding carboxylic acids is 6. The van der Waals surface area contributed by atoms with Gasteiger partial charge in [-0.05, 0) is 0 Å². The van der Waals surface area contributed by atoms with Crippen LogP contribution in [-0.4, -0.2) is 99.1 Å². The van der Waals surface area contributed by atoms with Crippen molar-refractivity contribution in [3.8, 4) is 0 Å². The number of nitrogens with zero attached hydrogens (tertiary/aromatic N) is 2. The number of ether oxygens (including phenoxy) is 4. The highest BCUT2D eigenvalue weighted by Crippen LogP contribution is 2.21. The van der Waals surface area contributed by atoms with Crippen LogP contribution in [0.5, 0.6) is 0 Å². The van der Waals surface area contributed by atoms with Crippen molar-refractivity contribution in [2.45, 2.75) is 13.8 Å². The van der Waals surface area contributed by atoms with E-state index in [0.29, 0.717) is 0 Å². The first kappa shape index (κ1) is 25.1. The number of carbonyl (C=O) groups is 6. The molecule has 2 rings (SSSR count). The number of hydrogen-bond acceptors (Lipinski definition) is 10. The van der Waals surface area contributed by atoms with E-state index in [1.807, 2.05) is 0 Å². The Balaban J connectivity index is 1.85. The largest absolute Gasteiger partial charge is 0.461 e. The smallest absolute Gasteiger partial charge is 0.409 e. The first-order valence-electron chi connectivity index (χ1n) is 10.2. The van der Waals surface area contributed by atoms with Crippen LogP contribution in [0.3, 0.4) is 0 Å². The predicted molar refractivity (Wildman–Crippen MR) is 105 cm³/mol. The molecule has 12 nitrogen and oxygen atoms in total. The topological polar surface area (TPSA) is 146 Å². The maximum Gasteiger partial charge on any atom is 0.409 e. The highest BCUT2D eigenvalue weighted by atomic mass is 16.6. The zero-order valence-corrected chi connectivity index (χ0v) is 18.5. The Morgan fingerprint density at radius 2 is 1.06 bits per heavy atom. The molecule has 2 fully saturated rings. The van der Waals surface area contributed by atoms with Crippen molar-refractivity contribution in [1.29, 1.82) is 0 Å². The van der Waals surface area contributed by atoms with E-state index in [-0.39, 0.29) is 51.0 Å². The second kappa shape index (κ2) is 10.9. The van der Waals surface area contributed by atoms with E-state index in [9.17, 15) is 28.8 Å². The summed E-state index contributed by atoms with van der Waals surface area (Å²) in [6.07, 6.45) is -1.30. The minimum Gasteiger partial charge on any atom is -0.461 e. The molecule has 0 bridgehead atoms. The molecular weight excluding hydrogens is 428 g/mol. The first-order chi connectivity index (χ1) is 15.1. The molecule has 0 spiro atoms. The van der Waals surface area contributed by atoms with Crippen LogP contribution in [0, 0.1) is 23.7 Å². The lowest BCUT2D eigenvalue weighted by Crippen LogP contribution is -2.51. The van der Waals surface area contributed by atoms with E-state index in [2.05, 4.69) is 9.47 Å². The van der Waals surface area contributed by atoms with Crippen molar-refractivity contribution in [2.24, 2.45) is 23.7 Å². The van der Waals surface area contributed by atoms with Gasteiger partial charge in [0.2, 0.25) is 0 Å². The fraction of sp³-hybridized carbons (Fsp3) is 0.700. The van der Waals surface area contributed by atoms with Gasteiger partial charge in [-0.15, -0.1) is 0 Å². The molecule has 32 heavy (non-hydrogen) atoms. The molecule has 0 aromatic rings. The van der Waals surface area contributed by atoms with Crippen molar-refractivity contribution in [3.05, 3.63) is 0 Å². The maximum atomic E-state index is 12.3. The highest BCUT2D eigenvalue weighted by molar-refractivity contribution is 6.02. The van der Waals surface area contributed by atoms with Gasteiger partial charge in [0, 0.05) is 38.0 Å². The third kappa shape index (κ3) is 5.74. The van der Waals surface area contributed by atoms with Gasteiger partial charge in [0.1, 0.15) is 25.0 Å². The molecule has 0 aliphatic carbocycles. The van der Waals surface area contributed by atoms with E-state index in [1.54, 1.807) is 13.8 Å². The molecule has 2 aliphatic heterocycles. The van der Waals surface area contributed by atoms with Crippen LogP contribution in [-0.2, 0) is 38.1 Å². The first-order valence-corrected chi connectivity index (χ1v) is 10.2. The summed E-state index contributed by atoms with van der Waals surface area (Å²) in [4.78, 5) is 75.2. The predicted octanol–water partition coefficient (Wildman–Crippen LogP) is -0.120. The van der Waals surface area contributed by atoms with Gasteiger partial charge in [-0.3, -0.25) is 19.2 Å². The Morgan fingerprint density at radius 1 is 0.719 bits per heavy atom. The number of hydrogen-bond donors (Lipinski definition) is 0. The minimum atomic E-state index is -1.16. The molecule has 2 aliphatic rings. The van der Waals surface area contributed by atoms with Crippen LogP contribution in [0.2, 0.25) is 0 Å². The molecule has 4 atom stereocenters. The Labute approximate surface area is 185 Å². The van der Waals surface area contributed by atoms with Crippen molar-refractivity contribution >= 4 is 35.7 Å². The molecule has 2 amide bonds. The normalized spacial score (nSPS) is 25.8. The zero-order valence-electron chi connectivity index (χ0n) is 18.5. The Hall–Kier alpha value is -3.18. The van der Waals surface area contributed by atoms with Crippen LogP contribution in [0.15, 0.2) is 0 Å². The third-order valence-corrected chi connectivity index (χ3v) is 5.46. The number of rotatable bonds is 5. The quantitative estimate of drug-likeness (QED) is 0.237. The number of ketones is 2. The highest BCUT2D eigenvalue weighted by Gasteiger charge is 2.41. The lowest BCUT2D eigenvalue weighted by Gasteiger charge is -2.33. The van der Waals surface area contributed by atoms with E-state index in [1.165, 1.54) is 24.0 Å². The zero-order chi connectivity index (χ0) is 24.0. The Bertz CT molecular complexity index is 718. The van der Waals surface area contributed by atoms with Gasteiger partial charge in [0.25, 0.3) is 0 Å². The SMILES string of the molecule is COC(=O)N1CC(C)C(=O)C(C(=O)OCCOC(=O)C2CN(C(=O)OC)CC(C)C2=O)C1. The third-order valence-electron chi connectivity index (χ3n) is 5.46. The molecule has 0 radical (unpaired) electrons. The fourth-order valence-electron chi connectivity index (χ4n) is 3.72. The van der Waals surface area contributed by atoms with Gasteiger partial charge < -0.3 is 28.7 Å². The summed E-state index contributed by atoms with van der Waals surface area (Å²) in [7, 11) is 2.40. The van der Waals surface area contributed by atoms with Gasteiger partial charge in [-0.1, -0.05) is 13.8 Å². The number of esters is 2. The van der Waals surface area contributed by atoms with Gasteiger partial charge in [-0.25, -0.2) is 9.59 Å². The molecule has 0 N–H and O–H groups in total. The molecule has 4 unspecified atom stereocenters. The maximum absolute atomic E-state index is 12.3. The van der Waals surface area contributed by atoms with Crippen LogP contribution >= 0.6 is 0 Å². The summed E-state index contributed by atoms with van der Waals surface area (Å²) in [6.45, 7) is 2.49. The molecule has 0 aromatic carbocycles. The van der Waals surface area contributed by atoms with Gasteiger partial charge in [0.15, 0.2) is 11.6 Å². The summed E-state index contributed by atoms with van der Waals surface area (Å²) in [6, 6.07) is 0. The number of piperidine rings is 2. The summed E-state index contributed by atoms with van der Waals surface area (Å²) in [5.74, 6) is -5.83. The molecule has 0 aromatic heterocycles. The van der Waals surface area contributed by atoms with Gasteiger partial charge in [0.05, 0.1) is 14.2 Å². The van der Waals surface area contributed by atoms with Crippen molar-refractivity contribution in [2.75, 3.05) is 53.6 Å². The average Bonchev–Trinajstić information content (AvgIpc) is 2.78. The van der Waals surface area contributed by atoms with Gasteiger partial charge >= 0.3 is 24.1 Å². The molecular formula is C20H28N2O10. The number of amides is 2. The van der Waals surface area contributed by atoms with E-state index < -0.39 is 47.8 Å². The molecule has 12 heteroatoms. The van der Waals surface area contributed by atoms with E-state index in [4.69, 9.17) is 9.47 Å². The summed E-state index contributed by atoms with van der Waals surface area (Å²) < 4.78 is 19.3. The number of methoxy groups -OCH3 is 2. The van der Waals surface area contributed by atoms with Crippen LogP contribution in [0.1, 0.15) is 13.8 Å². The second-order valence-electron chi connectivity index (χ2n) is 7.80. The number of Topliss-reactive ketones (excluding diaryl/α,β-unsaturated/α-hetero) is 2. The monoisotopic (exact) mass is 456 g/mol. The second-order valence-corrected chi connectivity index (χ2v) is 7.80.